The van der Waals surface area contributed by atoms with Crippen molar-refractivity contribution in [3.8, 4) is 0 Å². The summed E-state index contributed by atoms with van der Waals surface area (Å²) in [6.07, 6.45) is 3.39. The van der Waals surface area contributed by atoms with Gasteiger partial charge < -0.3 is 15.5 Å². The number of rotatable bonds is 5. The first kappa shape index (κ1) is 17.8. The van der Waals surface area contributed by atoms with E-state index in [2.05, 4.69) is 20.8 Å². The Labute approximate surface area is 162 Å². The fraction of sp³-hybridized carbons (Fsp3) is 0.190. The third-order valence-electron chi connectivity index (χ3n) is 4.94. The molecule has 7 nitrogen and oxygen atoms in total. The highest BCUT2D eigenvalue weighted by Crippen LogP contribution is 2.34. The van der Waals surface area contributed by atoms with Gasteiger partial charge in [0.2, 0.25) is 0 Å². The highest BCUT2D eigenvalue weighted by atomic mass is 16.2. The zero-order chi connectivity index (χ0) is 19.5. The number of hydrogen-bond donors (Lipinski definition) is 3. The van der Waals surface area contributed by atoms with E-state index in [1.807, 2.05) is 60.4 Å². The van der Waals surface area contributed by atoms with E-state index in [0.717, 1.165) is 22.3 Å². The molecule has 3 N–H and O–H groups in total. The van der Waals surface area contributed by atoms with E-state index in [1.165, 1.54) is 0 Å². The summed E-state index contributed by atoms with van der Waals surface area (Å²) in [4.78, 5) is 26.5. The average Bonchev–Trinajstić information content (AvgIpc) is 3.31. The third kappa shape index (κ3) is 3.59. The van der Waals surface area contributed by atoms with Crippen molar-refractivity contribution < 1.29 is 9.59 Å². The Kier molecular flexibility index (Phi) is 4.80. The summed E-state index contributed by atoms with van der Waals surface area (Å²) in [7, 11) is 0. The highest BCUT2D eigenvalue weighted by Gasteiger charge is 2.33. The van der Waals surface area contributed by atoms with E-state index in [9.17, 15) is 9.59 Å². The lowest BCUT2D eigenvalue weighted by atomic mass is 10.1. The number of fused-ring (bicyclic) bond motifs is 1. The quantitative estimate of drug-likeness (QED) is 0.638. The SMILES string of the molecule is CC1c2ccccc2C(=O)N1Cc1ccc(NC(=O)NCc2cn[nH]c2)cc1. The van der Waals surface area contributed by atoms with Crippen LogP contribution in [-0.2, 0) is 13.1 Å². The summed E-state index contributed by atoms with van der Waals surface area (Å²) in [5.74, 6) is 0.0592. The predicted octanol–water partition coefficient (Wildman–Crippen LogP) is 3.45. The van der Waals surface area contributed by atoms with Crippen LogP contribution in [-0.4, -0.2) is 27.0 Å². The minimum absolute atomic E-state index is 0.0511. The van der Waals surface area contributed by atoms with Gasteiger partial charge in [-0.3, -0.25) is 9.89 Å². The smallest absolute Gasteiger partial charge is 0.319 e. The minimum Gasteiger partial charge on any atom is -0.334 e. The summed E-state index contributed by atoms with van der Waals surface area (Å²) < 4.78 is 0. The average molecular weight is 375 g/mol. The maximum atomic E-state index is 12.6. The molecule has 0 spiro atoms. The molecule has 4 rings (SSSR count). The molecule has 3 aromatic rings. The van der Waals surface area contributed by atoms with Gasteiger partial charge in [0.1, 0.15) is 0 Å². The number of anilines is 1. The molecule has 1 aliphatic heterocycles. The third-order valence-corrected chi connectivity index (χ3v) is 4.94. The molecule has 28 heavy (non-hydrogen) atoms. The lowest BCUT2D eigenvalue weighted by Crippen LogP contribution is -2.28. The van der Waals surface area contributed by atoms with Crippen molar-refractivity contribution in [2.75, 3.05) is 5.32 Å². The Hall–Kier alpha value is -3.61. The number of carbonyl (C=O) groups is 2. The Morgan fingerprint density at radius 2 is 1.93 bits per heavy atom. The van der Waals surface area contributed by atoms with E-state index in [4.69, 9.17) is 0 Å². The van der Waals surface area contributed by atoms with Crippen molar-refractivity contribution in [3.63, 3.8) is 0 Å². The van der Waals surface area contributed by atoms with E-state index in [0.29, 0.717) is 18.8 Å². The van der Waals surface area contributed by atoms with Crippen molar-refractivity contribution in [1.82, 2.24) is 20.4 Å². The second-order valence-electron chi connectivity index (χ2n) is 6.81. The molecule has 0 saturated heterocycles. The van der Waals surface area contributed by atoms with Crippen molar-refractivity contribution in [2.24, 2.45) is 0 Å². The van der Waals surface area contributed by atoms with Gasteiger partial charge in [-0.2, -0.15) is 5.10 Å². The standard InChI is InChI=1S/C21H21N5O2/c1-14-18-4-2-3-5-19(18)20(27)26(14)13-15-6-8-17(9-7-15)25-21(28)22-10-16-11-23-24-12-16/h2-9,11-12,14H,10,13H2,1H3,(H,23,24)(H2,22,25,28). The molecule has 1 atom stereocenters. The molecule has 2 aromatic carbocycles. The van der Waals surface area contributed by atoms with Crippen LogP contribution in [0.2, 0.25) is 0 Å². The number of aromatic amines is 1. The summed E-state index contributed by atoms with van der Waals surface area (Å²) in [6.45, 7) is 2.97. The molecule has 142 valence electrons. The largest absolute Gasteiger partial charge is 0.334 e. The first-order valence-electron chi connectivity index (χ1n) is 9.13. The highest BCUT2D eigenvalue weighted by molar-refractivity contribution is 5.99. The number of hydrogen-bond acceptors (Lipinski definition) is 3. The number of nitrogens with zero attached hydrogens (tertiary/aromatic N) is 2. The van der Waals surface area contributed by atoms with E-state index >= 15 is 0 Å². The molecule has 1 aromatic heterocycles. The first-order chi connectivity index (χ1) is 13.6. The van der Waals surface area contributed by atoms with E-state index in [-0.39, 0.29) is 18.0 Å². The topological polar surface area (TPSA) is 90.1 Å². The number of nitrogens with one attached hydrogen (secondary N) is 3. The van der Waals surface area contributed by atoms with Crippen LogP contribution in [0.25, 0.3) is 0 Å². The molecule has 0 bridgehead atoms. The summed E-state index contributed by atoms with van der Waals surface area (Å²) in [5.41, 5.74) is 4.45. The molecule has 2 heterocycles. The Morgan fingerprint density at radius 1 is 1.14 bits per heavy atom. The van der Waals surface area contributed by atoms with Crippen LogP contribution < -0.4 is 10.6 Å². The predicted molar refractivity (Wildman–Crippen MR) is 106 cm³/mol. The molecule has 0 fully saturated rings. The molecule has 1 unspecified atom stereocenters. The van der Waals surface area contributed by atoms with Crippen LogP contribution in [0.5, 0.6) is 0 Å². The van der Waals surface area contributed by atoms with Gasteiger partial charge in [-0.05, 0) is 36.2 Å². The molecule has 0 aliphatic carbocycles. The monoisotopic (exact) mass is 375 g/mol. The van der Waals surface area contributed by atoms with Crippen LogP contribution in [0.15, 0.2) is 60.9 Å². The van der Waals surface area contributed by atoms with Crippen molar-refractivity contribution in [2.45, 2.75) is 26.1 Å². The van der Waals surface area contributed by atoms with E-state index in [1.54, 1.807) is 12.4 Å². The molecular weight excluding hydrogens is 354 g/mol. The van der Waals surface area contributed by atoms with Gasteiger partial charge in [-0.15, -0.1) is 0 Å². The molecule has 3 amide bonds. The Morgan fingerprint density at radius 3 is 2.64 bits per heavy atom. The number of carbonyl (C=O) groups excluding carboxylic acids is 2. The number of urea groups is 1. The van der Waals surface area contributed by atoms with Gasteiger partial charge in [0.15, 0.2) is 0 Å². The van der Waals surface area contributed by atoms with Gasteiger partial charge in [0, 0.05) is 36.1 Å². The van der Waals surface area contributed by atoms with Gasteiger partial charge >= 0.3 is 6.03 Å². The second kappa shape index (κ2) is 7.56. The second-order valence-corrected chi connectivity index (χ2v) is 6.81. The summed E-state index contributed by atoms with van der Waals surface area (Å²) >= 11 is 0. The molecule has 0 saturated carbocycles. The van der Waals surface area contributed by atoms with Gasteiger partial charge in [0.05, 0.1) is 12.2 Å². The van der Waals surface area contributed by atoms with Crippen LogP contribution in [0.1, 0.15) is 40.0 Å². The Balaban J connectivity index is 1.35. The van der Waals surface area contributed by atoms with Crippen LogP contribution in [0.4, 0.5) is 10.5 Å². The molecule has 1 aliphatic rings. The Bertz CT molecular complexity index is 982. The maximum Gasteiger partial charge on any atom is 0.319 e. The number of aromatic nitrogens is 2. The number of amides is 3. The van der Waals surface area contributed by atoms with Gasteiger partial charge in [-0.25, -0.2) is 4.79 Å². The fourth-order valence-corrected chi connectivity index (χ4v) is 3.39. The van der Waals surface area contributed by atoms with Gasteiger partial charge in [0.25, 0.3) is 5.91 Å². The molecule has 0 radical (unpaired) electrons. The fourth-order valence-electron chi connectivity index (χ4n) is 3.39. The lowest BCUT2D eigenvalue weighted by Gasteiger charge is -2.22. The first-order valence-corrected chi connectivity index (χ1v) is 9.13. The maximum absolute atomic E-state index is 12.6. The van der Waals surface area contributed by atoms with Crippen LogP contribution >= 0.6 is 0 Å². The van der Waals surface area contributed by atoms with E-state index < -0.39 is 0 Å². The zero-order valence-electron chi connectivity index (χ0n) is 15.5. The molecule has 7 heteroatoms. The van der Waals surface area contributed by atoms with Crippen molar-refractivity contribution in [3.05, 3.63) is 83.2 Å². The number of H-pyrrole nitrogens is 1. The van der Waals surface area contributed by atoms with Crippen LogP contribution in [0.3, 0.4) is 0 Å². The minimum atomic E-state index is -0.284. The number of benzene rings is 2. The van der Waals surface area contributed by atoms with Crippen molar-refractivity contribution in [1.29, 1.82) is 0 Å². The summed E-state index contributed by atoms with van der Waals surface area (Å²) in [5, 5.41) is 12.1. The van der Waals surface area contributed by atoms with Gasteiger partial charge in [-0.1, -0.05) is 30.3 Å². The van der Waals surface area contributed by atoms with Crippen molar-refractivity contribution >= 4 is 17.6 Å². The zero-order valence-corrected chi connectivity index (χ0v) is 15.5. The lowest BCUT2D eigenvalue weighted by molar-refractivity contribution is 0.0723. The normalized spacial score (nSPS) is 15.4. The molecular formula is C21H21N5O2. The van der Waals surface area contributed by atoms with Crippen LogP contribution in [0, 0.1) is 0 Å². The summed E-state index contributed by atoms with van der Waals surface area (Å²) in [6, 6.07) is 15.0.